The largest absolute Gasteiger partial charge is 0.390 e. The van der Waals surface area contributed by atoms with Crippen molar-refractivity contribution in [2.45, 2.75) is 38.3 Å². The molecule has 0 spiro atoms. The standard InChI is InChI=1S/C13H19BrN2O/c1-13(17)5-2-7-16(8-6-13)10-12-4-3-11(14)9-15-12/h3-4,9,17H,2,5-8,10H2,1H3. The fraction of sp³-hybridized carbons (Fsp3) is 0.615. The third-order valence-electron chi connectivity index (χ3n) is 3.33. The summed E-state index contributed by atoms with van der Waals surface area (Å²) in [7, 11) is 0. The molecule has 94 valence electrons. The van der Waals surface area contributed by atoms with Gasteiger partial charge in [0.2, 0.25) is 0 Å². The molecule has 1 saturated heterocycles. The van der Waals surface area contributed by atoms with Crippen molar-refractivity contribution in [1.29, 1.82) is 0 Å². The van der Waals surface area contributed by atoms with E-state index in [-0.39, 0.29) is 0 Å². The number of rotatable bonds is 2. The molecule has 1 aromatic heterocycles. The van der Waals surface area contributed by atoms with E-state index >= 15 is 0 Å². The number of aliphatic hydroxyl groups is 1. The lowest BCUT2D eigenvalue weighted by Crippen LogP contribution is -2.28. The van der Waals surface area contributed by atoms with Gasteiger partial charge in [-0.25, -0.2) is 0 Å². The topological polar surface area (TPSA) is 36.4 Å². The summed E-state index contributed by atoms with van der Waals surface area (Å²) in [6, 6.07) is 4.07. The molecular formula is C13H19BrN2O. The van der Waals surface area contributed by atoms with Crippen molar-refractivity contribution in [3.8, 4) is 0 Å². The fourth-order valence-electron chi connectivity index (χ4n) is 2.21. The summed E-state index contributed by atoms with van der Waals surface area (Å²) in [5.41, 5.74) is 0.608. The molecule has 4 heteroatoms. The van der Waals surface area contributed by atoms with Crippen LogP contribution in [0.5, 0.6) is 0 Å². The summed E-state index contributed by atoms with van der Waals surface area (Å²) in [6.45, 7) is 4.82. The summed E-state index contributed by atoms with van der Waals surface area (Å²) in [4.78, 5) is 6.76. The van der Waals surface area contributed by atoms with E-state index < -0.39 is 5.60 Å². The maximum Gasteiger partial charge on any atom is 0.0632 e. The molecule has 2 heterocycles. The quantitative estimate of drug-likeness (QED) is 0.912. The van der Waals surface area contributed by atoms with Crippen LogP contribution < -0.4 is 0 Å². The summed E-state index contributed by atoms with van der Waals surface area (Å²) in [6.07, 6.45) is 4.65. The summed E-state index contributed by atoms with van der Waals surface area (Å²) >= 11 is 3.39. The molecule has 0 bridgehead atoms. The van der Waals surface area contributed by atoms with Crippen LogP contribution in [0.2, 0.25) is 0 Å². The second-order valence-electron chi connectivity index (χ2n) is 5.09. The van der Waals surface area contributed by atoms with Gasteiger partial charge in [0, 0.05) is 23.8 Å². The summed E-state index contributed by atoms with van der Waals surface area (Å²) in [5.74, 6) is 0. The SMILES string of the molecule is CC1(O)CCCN(Cc2ccc(Br)cn2)CC1. The number of nitrogens with zero attached hydrogens (tertiary/aromatic N) is 2. The highest BCUT2D eigenvalue weighted by Gasteiger charge is 2.24. The predicted octanol–water partition coefficient (Wildman–Crippen LogP) is 2.58. The molecule has 1 aliphatic heterocycles. The Morgan fingerprint density at radius 2 is 2.24 bits per heavy atom. The average molecular weight is 299 g/mol. The monoisotopic (exact) mass is 298 g/mol. The summed E-state index contributed by atoms with van der Waals surface area (Å²) in [5, 5.41) is 10.0. The van der Waals surface area contributed by atoms with Crippen molar-refractivity contribution in [2.75, 3.05) is 13.1 Å². The second-order valence-corrected chi connectivity index (χ2v) is 6.01. The van der Waals surface area contributed by atoms with E-state index in [9.17, 15) is 5.11 Å². The van der Waals surface area contributed by atoms with E-state index in [1.807, 2.05) is 25.3 Å². The van der Waals surface area contributed by atoms with Crippen LogP contribution in [0.3, 0.4) is 0 Å². The van der Waals surface area contributed by atoms with Crippen LogP contribution in [0.15, 0.2) is 22.8 Å². The molecule has 3 nitrogen and oxygen atoms in total. The lowest BCUT2D eigenvalue weighted by molar-refractivity contribution is 0.0444. The molecule has 0 amide bonds. The van der Waals surface area contributed by atoms with Crippen LogP contribution in [0.25, 0.3) is 0 Å². The first kappa shape index (κ1) is 13.0. The molecule has 1 aromatic rings. The van der Waals surface area contributed by atoms with E-state index in [0.29, 0.717) is 0 Å². The van der Waals surface area contributed by atoms with Crippen molar-refractivity contribution in [2.24, 2.45) is 0 Å². The number of hydrogen-bond donors (Lipinski definition) is 1. The molecule has 0 aromatic carbocycles. The molecule has 0 saturated carbocycles. The Hall–Kier alpha value is -0.450. The molecule has 1 unspecified atom stereocenters. The molecule has 0 aliphatic carbocycles. The van der Waals surface area contributed by atoms with Gasteiger partial charge >= 0.3 is 0 Å². The molecule has 17 heavy (non-hydrogen) atoms. The number of aromatic nitrogens is 1. The minimum Gasteiger partial charge on any atom is -0.390 e. The molecular weight excluding hydrogens is 280 g/mol. The van der Waals surface area contributed by atoms with Gasteiger partial charge < -0.3 is 5.11 Å². The Bertz CT molecular complexity index is 364. The van der Waals surface area contributed by atoms with Gasteiger partial charge in [-0.2, -0.15) is 0 Å². The van der Waals surface area contributed by atoms with Crippen molar-refractivity contribution >= 4 is 15.9 Å². The van der Waals surface area contributed by atoms with E-state index in [2.05, 4.69) is 25.8 Å². The minimum atomic E-state index is -0.484. The highest BCUT2D eigenvalue weighted by atomic mass is 79.9. The summed E-state index contributed by atoms with van der Waals surface area (Å²) < 4.78 is 1.01. The molecule has 1 N–H and O–H groups in total. The van der Waals surface area contributed by atoms with Gasteiger partial charge in [0.1, 0.15) is 0 Å². The first-order valence-corrected chi connectivity index (χ1v) is 6.90. The van der Waals surface area contributed by atoms with Crippen LogP contribution in [0, 0.1) is 0 Å². The normalized spacial score (nSPS) is 26.8. The number of hydrogen-bond acceptors (Lipinski definition) is 3. The number of halogens is 1. The zero-order valence-electron chi connectivity index (χ0n) is 10.2. The fourth-order valence-corrected chi connectivity index (χ4v) is 2.44. The lowest BCUT2D eigenvalue weighted by atomic mass is 9.98. The number of pyridine rings is 1. The van der Waals surface area contributed by atoms with Crippen LogP contribution in [-0.4, -0.2) is 33.7 Å². The van der Waals surface area contributed by atoms with Gasteiger partial charge in [0.25, 0.3) is 0 Å². The Labute approximate surface area is 111 Å². The first-order valence-electron chi connectivity index (χ1n) is 6.10. The third kappa shape index (κ3) is 4.05. The molecule has 0 radical (unpaired) electrons. The van der Waals surface area contributed by atoms with Crippen molar-refractivity contribution in [1.82, 2.24) is 9.88 Å². The zero-order valence-corrected chi connectivity index (χ0v) is 11.8. The van der Waals surface area contributed by atoms with E-state index in [1.54, 1.807) is 0 Å². The maximum atomic E-state index is 10.0. The minimum absolute atomic E-state index is 0.484. The van der Waals surface area contributed by atoms with Gasteiger partial charge in [-0.1, -0.05) is 0 Å². The Kier molecular flexibility index (Phi) is 4.17. The van der Waals surface area contributed by atoms with Crippen LogP contribution in [-0.2, 0) is 6.54 Å². The predicted molar refractivity (Wildman–Crippen MR) is 71.7 cm³/mol. The third-order valence-corrected chi connectivity index (χ3v) is 3.80. The van der Waals surface area contributed by atoms with E-state index in [4.69, 9.17) is 0 Å². The Balaban J connectivity index is 1.93. The van der Waals surface area contributed by atoms with Gasteiger partial charge in [-0.05, 0) is 60.8 Å². The second kappa shape index (κ2) is 5.46. The van der Waals surface area contributed by atoms with Gasteiger partial charge in [-0.15, -0.1) is 0 Å². The van der Waals surface area contributed by atoms with Crippen molar-refractivity contribution < 1.29 is 5.11 Å². The van der Waals surface area contributed by atoms with Gasteiger partial charge in [0.15, 0.2) is 0 Å². The highest BCUT2D eigenvalue weighted by molar-refractivity contribution is 9.10. The smallest absolute Gasteiger partial charge is 0.0632 e. The Morgan fingerprint density at radius 1 is 1.41 bits per heavy atom. The van der Waals surface area contributed by atoms with Crippen molar-refractivity contribution in [3.63, 3.8) is 0 Å². The van der Waals surface area contributed by atoms with Crippen LogP contribution in [0.1, 0.15) is 31.9 Å². The molecule has 1 atom stereocenters. The highest BCUT2D eigenvalue weighted by Crippen LogP contribution is 2.22. The van der Waals surface area contributed by atoms with Gasteiger partial charge in [0.05, 0.1) is 11.3 Å². The Morgan fingerprint density at radius 3 is 2.94 bits per heavy atom. The van der Waals surface area contributed by atoms with E-state index in [0.717, 1.165) is 49.1 Å². The molecule has 2 rings (SSSR count). The van der Waals surface area contributed by atoms with Crippen molar-refractivity contribution in [3.05, 3.63) is 28.5 Å². The number of likely N-dealkylation sites (tertiary alicyclic amines) is 1. The molecule has 1 fully saturated rings. The lowest BCUT2D eigenvalue weighted by Gasteiger charge is -2.22. The van der Waals surface area contributed by atoms with Crippen LogP contribution in [0.4, 0.5) is 0 Å². The first-order chi connectivity index (χ1) is 8.05. The van der Waals surface area contributed by atoms with Crippen LogP contribution >= 0.6 is 15.9 Å². The van der Waals surface area contributed by atoms with E-state index in [1.165, 1.54) is 0 Å². The molecule has 1 aliphatic rings. The maximum absolute atomic E-state index is 10.0. The average Bonchev–Trinajstić information content (AvgIpc) is 2.44. The zero-order chi connectivity index (χ0) is 12.3. The van der Waals surface area contributed by atoms with Gasteiger partial charge in [-0.3, -0.25) is 9.88 Å².